The molecule has 0 radical (unpaired) electrons. The number of rotatable bonds is 9. The quantitative estimate of drug-likeness (QED) is 0.346. The molecule has 172 valence electrons. The van der Waals surface area contributed by atoms with Gasteiger partial charge >= 0.3 is 5.69 Å². The van der Waals surface area contributed by atoms with Gasteiger partial charge in [-0.3, -0.25) is 15.0 Å². The van der Waals surface area contributed by atoms with Crippen LogP contribution in [0.15, 0.2) is 66.7 Å². The molecule has 0 aromatic heterocycles. The van der Waals surface area contributed by atoms with Gasteiger partial charge in [-0.2, -0.15) is 0 Å². The van der Waals surface area contributed by atoms with Crippen molar-refractivity contribution >= 4 is 17.3 Å². The van der Waals surface area contributed by atoms with Crippen molar-refractivity contribution in [3.05, 3.63) is 98.6 Å². The summed E-state index contributed by atoms with van der Waals surface area (Å²) in [5.41, 5.74) is 3.56. The first-order valence-electron chi connectivity index (χ1n) is 10.9. The number of halogens is 1. The van der Waals surface area contributed by atoms with Crippen LogP contribution in [0.4, 0.5) is 5.69 Å². The van der Waals surface area contributed by atoms with Crippen molar-refractivity contribution in [1.29, 1.82) is 0 Å². The summed E-state index contributed by atoms with van der Waals surface area (Å²) < 4.78 is 11.2. The maximum Gasteiger partial charge on any atom is 0.313 e. The molecule has 1 heterocycles. The Kier molecular flexibility index (Phi) is 7.91. The second-order valence-corrected chi connectivity index (χ2v) is 8.31. The first-order valence-corrected chi connectivity index (χ1v) is 11.2. The molecule has 3 aromatic rings. The summed E-state index contributed by atoms with van der Waals surface area (Å²) in [6.07, 6.45) is 0. The fourth-order valence-corrected chi connectivity index (χ4v) is 3.91. The molecule has 4 rings (SSSR count). The molecule has 1 N–H and O–H groups in total. The van der Waals surface area contributed by atoms with Gasteiger partial charge in [0.2, 0.25) is 5.75 Å². The second-order valence-electron chi connectivity index (χ2n) is 7.88. The molecule has 7 nitrogen and oxygen atoms in total. The SMILES string of the molecule is O=[N+]([O-])c1cc(Cl)ccc1Oc1ccc(CNCc2ccccc2CN2CCOCC2)cc1. The molecule has 0 spiro atoms. The predicted octanol–water partition coefficient (Wildman–Crippen LogP) is 5.16. The number of hydrogen-bond acceptors (Lipinski definition) is 6. The Hall–Kier alpha value is -2.97. The summed E-state index contributed by atoms with van der Waals surface area (Å²) in [5.74, 6) is 0.687. The van der Waals surface area contributed by atoms with Crippen LogP contribution >= 0.6 is 11.6 Å². The summed E-state index contributed by atoms with van der Waals surface area (Å²) in [6.45, 7) is 5.94. The third kappa shape index (κ3) is 6.52. The number of nitro benzene ring substituents is 1. The van der Waals surface area contributed by atoms with Gasteiger partial charge in [-0.1, -0.05) is 48.0 Å². The second kappa shape index (κ2) is 11.2. The Morgan fingerprint density at radius 2 is 1.73 bits per heavy atom. The topological polar surface area (TPSA) is 76.9 Å². The molecule has 0 amide bonds. The number of nitrogens with zero attached hydrogens (tertiary/aromatic N) is 2. The number of nitro groups is 1. The van der Waals surface area contributed by atoms with Gasteiger partial charge < -0.3 is 14.8 Å². The highest BCUT2D eigenvalue weighted by molar-refractivity contribution is 6.30. The molecule has 0 bridgehead atoms. The fraction of sp³-hybridized carbons (Fsp3) is 0.280. The largest absolute Gasteiger partial charge is 0.450 e. The molecule has 0 atom stereocenters. The van der Waals surface area contributed by atoms with Gasteiger partial charge in [0.25, 0.3) is 0 Å². The fourth-order valence-electron chi connectivity index (χ4n) is 3.75. The molecule has 1 saturated heterocycles. The predicted molar refractivity (Wildman–Crippen MR) is 128 cm³/mol. The average Bonchev–Trinajstić information content (AvgIpc) is 2.83. The van der Waals surface area contributed by atoms with E-state index in [0.717, 1.165) is 45.0 Å². The van der Waals surface area contributed by atoms with Crippen molar-refractivity contribution in [3.8, 4) is 11.5 Å². The molecule has 1 aliphatic heterocycles. The van der Waals surface area contributed by atoms with Gasteiger partial charge in [0.05, 0.1) is 18.1 Å². The molecule has 0 unspecified atom stereocenters. The standard InChI is InChI=1S/C25H26ClN3O4/c26-22-7-10-25(24(15-22)29(30)31)33-23-8-5-19(6-9-23)16-27-17-20-3-1-2-4-21(20)18-28-11-13-32-14-12-28/h1-10,15,27H,11-14,16-18H2. The third-order valence-electron chi connectivity index (χ3n) is 5.53. The van der Waals surface area contributed by atoms with Crippen LogP contribution in [0.1, 0.15) is 16.7 Å². The minimum Gasteiger partial charge on any atom is -0.450 e. The Morgan fingerprint density at radius 3 is 2.45 bits per heavy atom. The van der Waals surface area contributed by atoms with E-state index in [1.165, 1.54) is 23.3 Å². The zero-order valence-electron chi connectivity index (χ0n) is 18.2. The van der Waals surface area contributed by atoms with Crippen molar-refractivity contribution in [2.45, 2.75) is 19.6 Å². The van der Waals surface area contributed by atoms with E-state index in [0.29, 0.717) is 17.3 Å². The lowest BCUT2D eigenvalue weighted by Crippen LogP contribution is -2.36. The lowest BCUT2D eigenvalue weighted by atomic mass is 10.1. The van der Waals surface area contributed by atoms with E-state index >= 15 is 0 Å². The van der Waals surface area contributed by atoms with Crippen LogP contribution in [0.5, 0.6) is 11.5 Å². The normalized spacial score (nSPS) is 14.2. The molecule has 0 aliphatic carbocycles. The smallest absolute Gasteiger partial charge is 0.313 e. The van der Waals surface area contributed by atoms with Gasteiger partial charge in [-0.25, -0.2) is 0 Å². The van der Waals surface area contributed by atoms with Crippen molar-refractivity contribution in [1.82, 2.24) is 10.2 Å². The Balaban J connectivity index is 1.32. The van der Waals surface area contributed by atoms with Gasteiger partial charge in [-0.05, 0) is 41.0 Å². The summed E-state index contributed by atoms with van der Waals surface area (Å²) in [4.78, 5) is 13.2. The minimum absolute atomic E-state index is 0.159. The van der Waals surface area contributed by atoms with E-state index in [4.69, 9.17) is 21.1 Å². The monoisotopic (exact) mass is 467 g/mol. The molecule has 0 saturated carbocycles. The highest BCUT2D eigenvalue weighted by Crippen LogP contribution is 2.33. The van der Waals surface area contributed by atoms with Crippen LogP contribution in [0.25, 0.3) is 0 Å². The van der Waals surface area contributed by atoms with Crippen molar-refractivity contribution in [3.63, 3.8) is 0 Å². The summed E-state index contributed by atoms with van der Waals surface area (Å²) in [7, 11) is 0. The van der Waals surface area contributed by atoms with Crippen LogP contribution in [-0.2, 0) is 24.4 Å². The highest BCUT2D eigenvalue weighted by atomic mass is 35.5. The lowest BCUT2D eigenvalue weighted by molar-refractivity contribution is -0.385. The Bertz CT molecular complexity index is 1090. The van der Waals surface area contributed by atoms with E-state index < -0.39 is 4.92 Å². The van der Waals surface area contributed by atoms with Crippen molar-refractivity contribution < 1.29 is 14.4 Å². The average molecular weight is 468 g/mol. The van der Waals surface area contributed by atoms with E-state index in [9.17, 15) is 10.1 Å². The van der Waals surface area contributed by atoms with Gasteiger partial charge in [0, 0.05) is 43.8 Å². The van der Waals surface area contributed by atoms with Gasteiger partial charge in [0.1, 0.15) is 5.75 Å². The first-order chi connectivity index (χ1) is 16.1. The van der Waals surface area contributed by atoms with Gasteiger partial charge in [-0.15, -0.1) is 0 Å². The van der Waals surface area contributed by atoms with Crippen LogP contribution in [-0.4, -0.2) is 36.1 Å². The first kappa shape index (κ1) is 23.2. The summed E-state index contributed by atoms with van der Waals surface area (Å²) >= 11 is 5.86. The molecule has 3 aromatic carbocycles. The molecule has 8 heteroatoms. The molecular weight excluding hydrogens is 442 g/mol. The van der Waals surface area contributed by atoms with Crippen molar-refractivity contribution in [2.24, 2.45) is 0 Å². The van der Waals surface area contributed by atoms with E-state index in [1.54, 1.807) is 6.07 Å². The number of hydrogen-bond donors (Lipinski definition) is 1. The molecule has 33 heavy (non-hydrogen) atoms. The highest BCUT2D eigenvalue weighted by Gasteiger charge is 2.16. The maximum absolute atomic E-state index is 11.2. The molecule has 1 aliphatic rings. The lowest BCUT2D eigenvalue weighted by Gasteiger charge is -2.27. The van der Waals surface area contributed by atoms with Gasteiger partial charge in [0.15, 0.2) is 0 Å². The zero-order chi connectivity index (χ0) is 23.0. The Morgan fingerprint density at radius 1 is 1.00 bits per heavy atom. The maximum atomic E-state index is 11.2. The summed E-state index contributed by atoms with van der Waals surface area (Å²) in [5, 5.41) is 15.0. The number of benzene rings is 3. The van der Waals surface area contributed by atoms with Crippen LogP contribution in [0.2, 0.25) is 5.02 Å². The van der Waals surface area contributed by atoms with E-state index in [1.807, 2.05) is 24.3 Å². The zero-order valence-corrected chi connectivity index (χ0v) is 19.0. The third-order valence-corrected chi connectivity index (χ3v) is 5.76. The Labute approximate surface area is 198 Å². The van der Waals surface area contributed by atoms with E-state index in [2.05, 4.69) is 34.5 Å². The molecular formula is C25H26ClN3O4. The minimum atomic E-state index is -0.504. The van der Waals surface area contributed by atoms with Crippen molar-refractivity contribution in [2.75, 3.05) is 26.3 Å². The van der Waals surface area contributed by atoms with Crippen LogP contribution in [0.3, 0.4) is 0 Å². The van der Waals surface area contributed by atoms with Crippen LogP contribution < -0.4 is 10.1 Å². The summed E-state index contributed by atoms with van der Waals surface area (Å²) in [6, 6.07) is 20.4. The number of morpholine rings is 1. The van der Waals surface area contributed by atoms with Crippen LogP contribution in [0, 0.1) is 10.1 Å². The number of nitrogens with one attached hydrogen (secondary N) is 1. The number of ether oxygens (including phenoxy) is 2. The molecule has 1 fully saturated rings. The van der Waals surface area contributed by atoms with E-state index in [-0.39, 0.29) is 11.4 Å².